The Labute approximate surface area is 116 Å². The summed E-state index contributed by atoms with van der Waals surface area (Å²) in [4.78, 5) is 0. The SMILES string of the molecule is CCCNC(c1cc(OC)cc(OC)c1)C1(C)CC1. The van der Waals surface area contributed by atoms with Crippen LogP contribution in [0.3, 0.4) is 0 Å². The average Bonchev–Trinajstić information content (AvgIpc) is 3.17. The first-order valence-electron chi connectivity index (χ1n) is 7.09. The summed E-state index contributed by atoms with van der Waals surface area (Å²) in [6.45, 7) is 5.59. The quantitative estimate of drug-likeness (QED) is 0.816. The maximum absolute atomic E-state index is 5.38. The van der Waals surface area contributed by atoms with Gasteiger partial charge in [0, 0.05) is 12.1 Å². The standard InChI is InChI=1S/C16H25NO2/c1-5-8-17-15(16(2)6-7-16)12-9-13(18-3)11-14(10-12)19-4/h9-11,15,17H,5-8H2,1-4H3. The van der Waals surface area contributed by atoms with E-state index in [2.05, 4.69) is 31.3 Å². The highest BCUT2D eigenvalue weighted by Crippen LogP contribution is 2.55. The molecule has 0 radical (unpaired) electrons. The fourth-order valence-corrected chi connectivity index (χ4v) is 2.54. The molecule has 1 unspecified atom stereocenters. The smallest absolute Gasteiger partial charge is 0.122 e. The molecule has 3 heteroatoms. The number of benzene rings is 1. The molecule has 1 N–H and O–H groups in total. The van der Waals surface area contributed by atoms with E-state index in [1.807, 2.05) is 6.07 Å². The van der Waals surface area contributed by atoms with Crippen LogP contribution in [0.4, 0.5) is 0 Å². The van der Waals surface area contributed by atoms with E-state index in [-0.39, 0.29) is 0 Å². The van der Waals surface area contributed by atoms with Crippen LogP contribution in [-0.4, -0.2) is 20.8 Å². The molecule has 1 aliphatic rings. The fraction of sp³-hybridized carbons (Fsp3) is 0.625. The molecule has 0 amide bonds. The summed E-state index contributed by atoms with van der Waals surface area (Å²) in [6, 6.07) is 6.56. The van der Waals surface area contributed by atoms with Gasteiger partial charge in [-0.3, -0.25) is 0 Å². The normalized spacial score (nSPS) is 17.9. The van der Waals surface area contributed by atoms with Crippen molar-refractivity contribution in [1.29, 1.82) is 0 Å². The third-order valence-electron chi connectivity index (χ3n) is 4.04. The number of ether oxygens (including phenoxy) is 2. The second-order valence-electron chi connectivity index (χ2n) is 5.69. The van der Waals surface area contributed by atoms with Gasteiger partial charge in [-0.05, 0) is 48.9 Å². The molecule has 0 bridgehead atoms. The van der Waals surface area contributed by atoms with Gasteiger partial charge in [-0.15, -0.1) is 0 Å². The van der Waals surface area contributed by atoms with Crippen molar-refractivity contribution in [3.63, 3.8) is 0 Å². The minimum atomic E-state index is 0.381. The molecule has 1 saturated carbocycles. The predicted octanol–water partition coefficient (Wildman–Crippen LogP) is 3.54. The molecule has 1 aromatic rings. The number of hydrogen-bond acceptors (Lipinski definition) is 3. The van der Waals surface area contributed by atoms with E-state index in [0.29, 0.717) is 11.5 Å². The largest absolute Gasteiger partial charge is 0.497 e. The summed E-state index contributed by atoms with van der Waals surface area (Å²) >= 11 is 0. The molecule has 0 aliphatic heterocycles. The van der Waals surface area contributed by atoms with Gasteiger partial charge in [0.05, 0.1) is 14.2 Å². The van der Waals surface area contributed by atoms with Crippen molar-refractivity contribution in [2.24, 2.45) is 5.41 Å². The number of rotatable bonds is 7. The van der Waals surface area contributed by atoms with Crippen molar-refractivity contribution in [2.75, 3.05) is 20.8 Å². The molecule has 0 spiro atoms. The van der Waals surface area contributed by atoms with Crippen LogP contribution < -0.4 is 14.8 Å². The van der Waals surface area contributed by atoms with Gasteiger partial charge in [0.2, 0.25) is 0 Å². The Bertz CT molecular complexity index is 405. The van der Waals surface area contributed by atoms with Crippen LogP contribution in [0.15, 0.2) is 18.2 Å². The number of methoxy groups -OCH3 is 2. The molecule has 3 nitrogen and oxygen atoms in total. The van der Waals surface area contributed by atoms with Crippen LogP contribution in [0.1, 0.15) is 44.7 Å². The Morgan fingerprint density at radius 3 is 2.16 bits per heavy atom. The Kier molecular flexibility index (Phi) is 4.35. The Balaban J connectivity index is 2.29. The molecule has 1 atom stereocenters. The van der Waals surface area contributed by atoms with Gasteiger partial charge in [-0.1, -0.05) is 13.8 Å². The fourth-order valence-electron chi connectivity index (χ4n) is 2.54. The third kappa shape index (κ3) is 3.21. The number of hydrogen-bond donors (Lipinski definition) is 1. The van der Waals surface area contributed by atoms with Crippen molar-refractivity contribution in [3.8, 4) is 11.5 Å². The van der Waals surface area contributed by atoms with E-state index in [1.54, 1.807) is 14.2 Å². The average molecular weight is 263 g/mol. The van der Waals surface area contributed by atoms with Crippen LogP contribution in [0, 0.1) is 5.41 Å². The van der Waals surface area contributed by atoms with Gasteiger partial charge in [0.15, 0.2) is 0 Å². The zero-order chi connectivity index (χ0) is 13.9. The molecular weight excluding hydrogens is 238 g/mol. The predicted molar refractivity (Wildman–Crippen MR) is 77.9 cm³/mol. The first kappa shape index (κ1) is 14.2. The minimum Gasteiger partial charge on any atom is -0.497 e. The zero-order valence-electron chi connectivity index (χ0n) is 12.5. The van der Waals surface area contributed by atoms with Crippen LogP contribution in [0.5, 0.6) is 11.5 Å². The van der Waals surface area contributed by atoms with Crippen LogP contribution in [0.2, 0.25) is 0 Å². The van der Waals surface area contributed by atoms with Gasteiger partial charge in [-0.25, -0.2) is 0 Å². The lowest BCUT2D eigenvalue weighted by atomic mass is 9.91. The topological polar surface area (TPSA) is 30.5 Å². The number of nitrogens with one attached hydrogen (secondary N) is 1. The highest BCUT2D eigenvalue weighted by Gasteiger charge is 2.45. The Morgan fingerprint density at radius 2 is 1.74 bits per heavy atom. The Morgan fingerprint density at radius 1 is 1.16 bits per heavy atom. The van der Waals surface area contributed by atoms with E-state index in [4.69, 9.17) is 9.47 Å². The summed E-state index contributed by atoms with van der Waals surface area (Å²) < 4.78 is 10.8. The minimum absolute atomic E-state index is 0.381. The van der Waals surface area contributed by atoms with E-state index >= 15 is 0 Å². The van der Waals surface area contributed by atoms with E-state index in [1.165, 1.54) is 18.4 Å². The summed E-state index contributed by atoms with van der Waals surface area (Å²) in [5, 5.41) is 3.68. The van der Waals surface area contributed by atoms with Gasteiger partial charge in [-0.2, -0.15) is 0 Å². The molecular formula is C16H25NO2. The van der Waals surface area contributed by atoms with Crippen molar-refractivity contribution >= 4 is 0 Å². The molecule has 0 heterocycles. The first-order valence-corrected chi connectivity index (χ1v) is 7.09. The lowest BCUT2D eigenvalue weighted by molar-refractivity contribution is 0.357. The van der Waals surface area contributed by atoms with Crippen molar-refractivity contribution in [1.82, 2.24) is 5.32 Å². The van der Waals surface area contributed by atoms with E-state index in [0.717, 1.165) is 24.5 Å². The summed E-state index contributed by atoms with van der Waals surface area (Å²) in [6.07, 6.45) is 3.72. The molecule has 2 rings (SSSR count). The van der Waals surface area contributed by atoms with Crippen molar-refractivity contribution in [3.05, 3.63) is 23.8 Å². The van der Waals surface area contributed by atoms with E-state index in [9.17, 15) is 0 Å². The van der Waals surface area contributed by atoms with Crippen LogP contribution in [0.25, 0.3) is 0 Å². The molecule has 0 aromatic heterocycles. The maximum atomic E-state index is 5.38. The van der Waals surface area contributed by atoms with Gasteiger partial charge in [0.1, 0.15) is 11.5 Å². The van der Waals surface area contributed by atoms with Crippen molar-refractivity contribution in [2.45, 2.75) is 39.2 Å². The molecule has 1 fully saturated rings. The van der Waals surface area contributed by atoms with Crippen LogP contribution >= 0.6 is 0 Å². The molecule has 1 aromatic carbocycles. The third-order valence-corrected chi connectivity index (χ3v) is 4.04. The summed E-state index contributed by atoms with van der Waals surface area (Å²) in [5.41, 5.74) is 1.65. The molecule has 106 valence electrons. The lowest BCUT2D eigenvalue weighted by Gasteiger charge is -2.26. The Hall–Kier alpha value is -1.22. The molecule has 1 aliphatic carbocycles. The molecule has 0 saturated heterocycles. The maximum Gasteiger partial charge on any atom is 0.122 e. The lowest BCUT2D eigenvalue weighted by Crippen LogP contribution is -2.28. The van der Waals surface area contributed by atoms with Crippen LogP contribution in [-0.2, 0) is 0 Å². The molecule has 19 heavy (non-hydrogen) atoms. The van der Waals surface area contributed by atoms with Gasteiger partial charge < -0.3 is 14.8 Å². The first-order chi connectivity index (χ1) is 9.12. The highest BCUT2D eigenvalue weighted by atomic mass is 16.5. The highest BCUT2D eigenvalue weighted by molar-refractivity contribution is 5.41. The second kappa shape index (κ2) is 5.83. The van der Waals surface area contributed by atoms with Gasteiger partial charge >= 0.3 is 0 Å². The zero-order valence-corrected chi connectivity index (χ0v) is 12.5. The second-order valence-corrected chi connectivity index (χ2v) is 5.69. The van der Waals surface area contributed by atoms with E-state index < -0.39 is 0 Å². The summed E-state index contributed by atoms with van der Waals surface area (Å²) in [5.74, 6) is 1.73. The van der Waals surface area contributed by atoms with Gasteiger partial charge in [0.25, 0.3) is 0 Å². The monoisotopic (exact) mass is 263 g/mol. The van der Waals surface area contributed by atoms with Crippen molar-refractivity contribution < 1.29 is 9.47 Å². The summed E-state index contributed by atoms with van der Waals surface area (Å²) in [7, 11) is 3.40.